The molecule has 194 valence electrons. The Morgan fingerprint density at radius 3 is 2.74 bits per heavy atom. The molecule has 0 bridgehead atoms. The number of hydrogen-bond donors (Lipinski definition) is 1. The van der Waals surface area contributed by atoms with Crippen molar-refractivity contribution >= 4 is 27.9 Å². The minimum absolute atomic E-state index is 0.0824. The maximum absolute atomic E-state index is 12.8. The van der Waals surface area contributed by atoms with Crippen LogP contribution in [0.15, 0.2) is 24.4 Å². The molecule has 8 nitrogen and oxygen atoms in total. The molecule has 0 radical (unpaired) electrons. The van der Waals surface area contributed by atoms with E-state index in [1.54, 1.807) is 11.2 Å². The molecule has 1 saturated carbocycles. The summed E-state index contributed by atoms with van der Waals surface area (Å²) in [6.45, 7) is 4.76. The Morgan fingerprint density at radius 1 is 1.26 bits per heavy atom. The molecule has 4 rings (SSSR count). The number of piperidine rings is 1. The molecule has 1 aromatic heterocycles. The van der Waals surface area contributed by atoms with Crippen molar-refractivity contribution in [3.8, 4) is 0 Å². The summed E-state index contributed by atoms with van der Waals surface area (Å²) in [5.41, 5.74) is 2.57. The highest BCUT2D eigenvalue weighted by atomic mass is 32.2. The molecule has 2 aliphatic rings. The van der Waals surface area contributed by atoms with Crippen LogP contribution in [0.2, 0.25) is 0 Å². The van der Waals surface area contributed by atoms with Crippen molar-refractivity contribution in [1.82, 2.24) is 24.3 Å². The molecule has 1 N–H and O–H groups in total. The van der Waals surface area contributed by atoms with E-state index in [0.29, 0.717) is 25.6 Å². The summed E-state index contributed by atoms with van der Waals surface area (Å²) >= 11 is 0. The second kappa shape index (κ2) is 11.8. The van der Waals surface area contributed by atoms with Gasteiger partial charge in [-0.05, 0) is 62.1 Å². The molecule has 1 saturated heterocycles. The maximum Gasteiger partial charge on any atom is 0.319 e. The second-order valence-corrected chi connectivity index (χ2v) is 11.4. The van der Waals surface area contributed by atoms with Crippen molar-refractivity contribution < 1.29 is 13.7 Å². The third-order valence-electron chi connectivity index (χ3n) is 7.67. The van der Waals surface area contributed by atoms with Gasteiger partial charge in [0.2, 0.25) is 0 Å². The lowest BCUT2D eigenvalue weighted by Gasteiger charge is -2.40. The Bertz CT molecular complexity index is 1020. The van der Waals surface area contributed by atoms with E-state index in [0.717, 1.165) is 45.1 Å². The van der Waals surface area contributed by atoms with Crippen molar-refractivity contribution in [1.29, 1.82) is 0 Å². The van der Waals surface area contributed by atoms with Gasteiger partial charge in [0.1, 0.15) is 0 Å². The van der Waals surface area contributed by atoms with Gasteiger partial charge in [0, 0.05) is 57.3 Å². The predicted molar refractivity (Wildman–Crippen MR) is 141 cm³/mol. The number of carbonyl (C=O) groups is 1. The molecular weight excluding hydrogens is 462 g/mol. The van der Waals surface area contributed by atoms with Gasteiger partial charge in [-0.3, -0.25) is 4.68 Å². The van der Waals surface area contributed by atoms with Gasteiger partial charge in [0.05, 0.1) is 35.4 Å². The number of likely N-dealkylation sites (tertiary alicyclic amines) is 1. The third kappa shape index (κ3) is 6.43. The minimum Gasteiger partial charge on any atom is -0.378 e. The molecule has 35 heavy (non-hydrogen) atoms. The average Bonchev–Trinajstić information content (AvgIpc) is 3.23. The summed E-state index contributed by atoms with van der Waals surface area (Å²) in [5.74, 6) is 0.700. The third-order valence-corrected chi connectivity index (χ3v) is 8.30. The fourth-order valence-corrected chi connectivity index (χ4v) is 6.41. The van der Waals surface area contributed by atoms with Crippen LogP contribution in [-0.4, -0.2) is 81.5 Å². The number of hydrogen-bond acceptors (Lipinski definition) is 4. The lowest BCUT2D eigenvalue weighted by Crippen LogP contribution is -2.55. The zero-order valence-electron chi connectivity index (χ0n) is 21.6. The number of urea groups is 1. The molecule has 0 spiro atoms. The molecule has 1 aliphatic heterocycles. The number of rotatable bonds is 8. The number of nitrogens with zero attached hydrogens (tertiary/aromatic N) is 4. The monoisotopic (exact) mass is 503 g/mol. The van der Waals surface area contributed by atoms with E-state index in [-0.39, 0.29) is 24.1 Å². The van der Waals surface area contributed by atoms with E-state index in [4.69, 9.17) is 4.74 Å². The van der Waals surface area contributed by atoms with Crippen molar-refractivity contribution in [2.75, 3.05) is 39.5 Å². The first-order valence-electron chi connectivity index (χ1n) is 13.0. The first kappa shape index (κ1) is 26.1. The summed E-state index contributed by atoms with van der Waals surface area (Å²) in [4.78, 5) is 16.6. The van der Waals surface area contributed by atoms with Gasteiger partial charge < -0.3 is 14.5 Å². The summed E-state index contributed by atoms with van der Waals surface area (Å²) in [5, 5.41) is 5.57. The maximum atomic E-state index is 12.8. The molecule has 2 fully saturated rings. The lowest BCUT2D eigenvalue weighted by molar-refractivity contribution is -0.0138. The van der Waals surface area contributed by atoms with E-state index in [1.165, 1.54) is 16.5 Å². The standard InChI is InChI=1S/C26H41N5O3S/c1-5-13-29(2)26(32)31-14-12-24(28-35(4)33)22(17-31)18-34-23-9-6-19(7-10-23)20-8-11-25-21(15-20)16-27-30(25)3/h8,11,15-16,19,22-24,28H,5-7,9-10,12-14,17-18H2,1-4H3. The van der Waals surface area contributed by atoms with Gasteiger partial charge in [0.25, 0.3) is 0 Å². The molecule has 1 aliphatic carbocycles. The first-order valence-corrected chi connectivity index (χ1v) is 14.5. The van der Waals surface area contributed by atoms with Crippen LogP contribution in [0.3, 0.4) is 0 Å². The highest BCUT2D eigenvalue weighted by molar-refractivity contribution is 7.82. The van der Waals surface area contributed by atoms with Crippen LogP contribution in [0.1, 0.15) is 56.9 Å². The SMILES string of the molecule is CCCN(C)C(=O)N1CCC(NS(C)=O)C(COC2CCC(c3ccc4c(cnn4C)c3)CC2)C1. The fourth-order valence-electron chi connectivity index (χ4n) is 5.67. The Balaban J connectivity index is 1.31. The van der Waals surface area contributed by atoms with Gasteiger partial charge in [-0.2, -0.15) is 5.10 Å². The van der Waals surface area contributed by atoms with E-state index in [2.05, 4.69) is 34.9 Å². The normalized spacial score (nSPS) is 26.1. The Kier molecular flexibility index (Phi) is 8.83. The molecule has 1 aromatic carbocycles. The van der Waals surface area contributed by atoms with Crippen LogP contribution in [0, 0.1) is 5.92 Å². The van der Waals surface area contributed by atoms with Crippen LogP contribution in [0.5, 0.6) is 0 Å². The van der Waals surface area contributed by atoms with Crippen LogP contribution in [-0.2, 0) is 22.8 Å². The van der Waals surface area contributed by atoms with Crippen LogP contribution < -0.4 is 4.72 Å². The first-order chi connectivity index (χ1) is 16.9. The summed E-state index contributed by atoms with van der Waals surface area (Å²) in [6, 6.07) is 6.90. The second-order valence-electron chi connectivity index (χ2n) is 10.3. The Labute approximate surface area is 211 Å². The summed E-state index contributed by atoms with van der Waals surface area (Å²) in [6.07, 6.45) is 9.93. The largest absolute Gasteiger partial charge is 0.378 e. The number of amides is 2. The topological polar surface area (TPSA) is 79.7 Å². The van der Waals surface area contributed by atoms with Crippen LogP contribution in [0.25, 0.3) is 10.9 Å². The van der Waals surface area contributed by atoms with Gasteiger partial charge in [-0.15, -0.1) is 0 Å². The molecule has 3 unspecified atom stereocenters. The smallest absolute Gasteiger partial charge is 0.319 e. The molecule has 2 heterocycles. The molecule has 3 atom stereocenters. The molecule has 2 aromatic rings. The highest BCUT2D eigenvalue weighted by Gasteiger charge is 2.34. The van der Waals surface area contributed by atoms with Crippen molar-refractivity contribution in [3.05, 3.63) is 30.0 Å². The quantitative estimate of drug-likeness (QED) is 0.596. The summed E-state index contributed by atoms with van der Waals surface area (Å²) in [7, 11) is 2.76. The number of nitrogens with one attached hydrogen (secondary N) is 1. The summed E-state index contributed by atoms with van der Waals surface area (Å²) < 4.78 is 23.4. The number of carbonyl (C=O) groups excluding carboxylic acids is 1. The van der Waals surface area contributed by atoms with Crippen molar-refractivity contribution in [2.45, 2.75) is 63.5 Å². The average molecular weight is 504 g/mol. The van der Waals surface area contributed by atoms with Gasteiger partial charge in [-0.25, -0.2) is 13.7 Å². The van der Waals surface area contributed by atoms with Gasteiger partial charge in [0.15, 0.2) is 0 Å². The highest BCUT2D eigenvalue weighted by Crippen LogP contribution is 2.35. The minimum atomic E-state index is -1.09. The van der Waals surface area contributed by atoms with E-state index >= 15 is 0 Å². The van der Waals surface area contributed by atoms with E-state index in [1.807, 2.05) is 29.9 Å². The van der Waals surface area contributed by atoms with Gasteiger partial charge >= 0.3 is 6.03 Å². The van der Waals surface area contributed by atoms with Crippen LogP contribution in [0.4, 0.5) is 4.79 Å². The number of aromatic nitrogens is 2. The number of fused-ring (bicyclic) bond motifs is 1. The zero-order chi connectivity index (χ0) is 24.9. The zero-order valence-corrected chi connectivity index (χ0v) is 22.4. The molecule has 2 amide bonds. The molecular formula is C26H41N5O3S. The van der Waals surface area contributed by atoms with Crippen LogP contribution >= 0.6 is 0 Å². The predicted octanol–water partition coefficient (Wildman–Crippen LogP) is 3.65. The number of benzene rings is 1. The lowest BCUT2D eigenvalue weighted by atomic mass is 9.82. The Hall–Kier alpha value is -1.97. The van der Waals surface area contributed by atoms with Crippen molar-refractivity contribution in [2.24, 2.45) is 13.0 Å². The number of ether oxygens (including phenoxy) is 1. The number of aryl methyl sites for hydroxylation is 1. The molecule has 9 heteroatoms. The van der Waals surface area contributed by atoms with E-state index in [9.17, 15) is 9.00 Å². The van der Waals surface area contributed by atoms with Gasteiger partial charge in [-0.1, -0.05) is 13.0 Å². The fraction of sp³-hybridized carbons (Fsp3) is 0.692. The van der Waals surface area contributed by atoms with Crippen molar-refractivity contribution in [3.63, 3.8) is 0 Å². The van der Waals surface area contributed by atoms with E-state index < -0.39 is 11.0 Å². The Morgan fingerprint density at radius 2 is 2.03 bits per heavy atom.